The molecule has 1 saturated heterocycles. The van der Waals surface area contributed by atoms with Crippen LogP contribution < -0.4 is 9.64 Å². The van der Waals surface area contributed by atoms with Gasteiger partial charge in [-0.05, 0) is 18.6 Å². The number of nitrogens with zero attached hydrogens (tertiary/aromatic N) is 4. The highest BCUT2D eigenvalue weighted by Gasteiger charge is 2.20. The zero-order chi connectivity index (χ0) is 15.6. The minimum absolute atomic E-state index is 0.0729. The van der Waals surface area contributed by atoms with Gasteiger partial charge < -0.3 is 19.2 Å². The summed E-state index contributed by atoms with van der Waals surface area (Å²) in [6.45, 7) is 3.00. The van der Waals surface area contributed by atoms with Crippen molar-refractivity contribution in [3.8, 4) is 5.75 Å². The lowest BCUT2D eigenvalue weighted by atomic mass is 10.2. The van der Waals surface area contributed by atoms with E-state index in [9.17, 15) is 0 Å². The molecule has 3 heterocycles. The maximum atomic E-state index is 8.89. The summed E-state index contributed by atoms with van der Waals surface area (Å²) in [6.07, 6.45) is 4.80. The fourth-order valence-electron chi connectivity index (χ4n) is 2.50. The number of aromatic nitrogens is 3. The molecule has 0 amide bonds. The third-order valence-corrected chi connectivity index (χ3v) is 3.90. The Balaban J connectivity index is 1.45. The number of fused-ring (bicyclic) bond motifs is 1. The van der Waals surface area contributed by atoms with Gasteiger partial charge >= 0.3 is 0 Å². The fourth-order valence-corrected chi connectivity index (χ4v) is 2.50. The first-order valence-electron chi connectivity index (χ1n) is 7.72. The number of ether oxygens (including phenoxy) is 1. The van der Waals surface area contributed by atoms with Crippen LogP contribution in [0, 0.1) is 0 Å². The van der Waals surface area contributed by atoms with E-state index in [1.807, 2.05) is 24.4 Å². The molecule has 0 saturated carbocycles. The van der Waals surface area contributed by atoms with Gasteiger partial charge in [0, 0.05) is 30.9 Å². The minimum Gasteiger partial charge on any atom is -0.489 e. The van der Waals surface area contributed by atoms with Crippen molar-refractivity contribution in [3.05, 3.63) is 36.2 Å². The van der Waals surface area contributed by atoms with E-state index in [0.717, 1.165) is 35.5 Å². The van der Waals surface area contributed by atoms with Crippen molar-refractivity contribution in [1.29, 1.82) is 0 Å². The molecule has 1 aliphatic heterocycles. The maximum Gasteiger partial charge on any atom is 0.298 e. The summed E-state index contributed by atoms with van der Waals surface area (Å²) in [7, 11) is 0. The second-order valence-electron chi connectivity index (χ2n) is 5.59. The van der Waals surface area contributed by atoms with E-state index in [-0.39, 0.29) is 6.61 Å². The van der Waals surface area contributed by atoms with E-state index in [0.29, 0.717) is 19.2 Å². The molecule has 7 nitrogen and oxygen atoms in total. The summed E-state index contributed by atoms with van der Waals surface area (Å²) in [6, 6.07) is 6.35. The van der Waals surface area contributed by atoms with E-state index in [4.69, 9.17) is 14.3 Å². The number of anilines is 1. The van der Waals surface area contributed by atoms with Gasteiger partial charge in [0.05, 0.1) is 19.3 Å². The molecule has 1 aliphatic rings. The molecule has 1 N–H and O–H groups in total. The molecule has 0 bridgehead atoms. The molecule has 120 valence electrons. The van der Waals surface area contributed by atoms with Crippen LogP contribution in [0.5, 0.6) is 5.75 Å². The van der Waals surface area contributed by atoms with E-state index >= 15 is 0 Å². The Kier molecular flexibility index (Phi) is 3.63. The number of benzene rings is 1. The molecule has 7 heteroatoms. The van der Waals surface area contributed by atoms with Gasteiger partial charge in [-0.15, -0.1) is 0 Å². The third-order valence-electron chi connectivity index (χ3n) is 3.90. The number of aliphatic hydroxyl groups excluding tert-OH is 1. The van der Waals surface area contributed by atoms with E-state index < -0.39 is 0 Å². The molecular weight excluding hydrogens is 296 g/mol. The largest absolute Gasteiger partial charge is 0.489 e. The van der Waals surface area contributed by atoms with Gasteiger partial charge in [0.2, 0.25) is 0 Å². The van der Waals surface area contributed by atoms with Crippen LogP contribution in [0.15, 0.2) is 35.0 Å². The average Bonchev–Trinajstić information content (AvgIpc) is 3.09. The number of hydrogen-bond donors (Lipinski definition) is 1. The Morgan fingerprint density at radius 1 is 1.30 bits per heavy atom. The summed E-state index contributed by atoms with van der Waals surface area (Å²) in [5.74, 6) is 0.735. The second kappa shape index (κ2) is 5.92. The van der Waals surface area contributed by atoms with Gasteiger partial charge in [-0.25, -0.2) is 0 Å². The SMILES string of the molecule is OCCn1cc(COc2ccc3nc(N4CCC4)oc3c2)cn1. The summed E-state index contributed by atoms with van der Waals surface area (Å²) < 4.78 is 13.3. The first kappa shape index (κ1) is 14.1. The van der Waals surface area contributed by atoms with Gasteiger partial charge in [-0.1, -0.05) is 0 Å². The van der Waals surface area contributed by atoms with Crippen molar-refractivity contribution < 1.29 is 14.3 Å². The molecule has 23 heavy (non-hydrogen) atoms. The van der Waals surface area contributed by atoms with Crippen molar-refractivity contribution in [2.75, 3.05) is 24.6 Å². The number of hydrogen-bond acceptors (Lipinski definition) is 6. The van der Waals surface area contributed by atoms with E-state index in [1.54, 1.807) is 10.9 Å². The lowest BCUT2D eigenvalue weighted by Crippen LogP contribution is -2.37. The van der Waals surface area contributed by atoms with Crippen molar-refractivity contribution in [2.45, 2.75) is 19.6 Å². The predicted molar refractivity (Wildman–Crippen MR) is 84.5 cm³/mol. The van der Waals surface area contributed by atoms with Gasteiger partial charge in [0.1, 0.15) is 17.9 Å². The molecule has 0 atom stereocenters. The lowest BCUT2D eigenvalue weighted by Gasteiger charge is -2.28. The second-order valence-corrected chi connectivity index (χ2v) is 5.59. The summed E-state index contributed by atoms with van der Waals surface area (Å²) in [5.41, 5.74) is 2.53. The molecule has 0 unspecified atom stereocenters. The minimum atomic E-state index is 0.0729. The monoisotopic (exact) mass is 314 g/mol. The molecule has 4 rings (SSSR count). The Hall–Kier alpha value is -2.54. The Morgan fingerprint density at radius 2 is 2.22 bits per heavy atom. The molecule has 1 aromatic carbocycles. The van der Waals surface area contributed by atoms with Crippen LogP contribution in [-0.4, -0.2) is 39.6 Å². The van der Waals surface area contributed by atoms with Crippen LogP contribution in [0.2, 0.25) is 0 Å². The Morgan fingerprint density at radius 3 is 3.00 bits per heavy atom. The summed E-state index contributed by atoms with van der Waals surface area (Å²) >= 11 is 0. The van der Waals surface area contributed by atoms with Crippen molar-refractivity contribution >= 4 is 17.1 Å². The highest BCUT2D eigenvalue weighted by atomic mass is 16.5. The van der Waals surface area contributed by atoms with Crippen LogP contribution in [0.25, 0.3) is 11.1 Å². The zero-order valence-electron chi connectivity index (χ0n) is 12.7. The van der Waals surface area contributed by atoms with Gasteiger partial charge in [0.25, 0.3) is 6.01 Å². The smallest absolute Gasteiger partial charge is 0.298 e. The molecule has 0 spiro atoms. The van der Waals surface area contributed by atoms with Gasteiger partial charge in [-0.3, -0.25) is 4.68 Å². The highest BCUT2D eigenvalue weighted by molar-refractivity contribution is 5.76. The molecule has 3 aromatic rings. The van der Waals surface area contributed by atoms with Gasteiger partial charge in [-0.2, -0.15) is 10.1 Å². The quantitative estimate of drug-likeness (QED) is 0.748. The fraction of sp³-hybridized carbons (Fsp3) is 0.375. The van der Waals surface area contributed by atoms with E-state index in [2.05, 4.69) is 15.0 Å². The van der Waals surface area contributed by atoms with Crippen LogP contribution in [-0.2, 0) is 13.2 Å². The third kappa shape index (κ3) is 2.87. The van der Waals surface area contributed by atoms with Gasteiger partial charge in [0.15, 0.2) is 5.58 Å². The topological polar surface area (TPSA) is 76.6 Å². The van der Waals surface area contributed by atoms with Crippen molar-refractivity contribution in [2.24, 2.45) is 0 Å². The Labute approximate surface area is 133 Å². The first-order chi connectivity index (χ1) is 11.3. The average molecular weight is 314 g/mol. The van der Waals surface area contributed by atoms with E-state index in [1.165, 1.54) is 6.42 Å². The van der Waals surface area contributed by atoms with Crippen LogP contribution >= 0.6 is 0 Å². The molecule has 1 fully saturated rings. The predicted octanol–water partition coefficient (Wildman–Crippen LogP) is 1.81. The summed E-state index contributed by atoms with van der Waals surface area (Å²) in [5, 5.41) is 13.0. The summed E-state index contributed by atoms with van der Waals surface area (Å²) in [4.78, 5) is 6.61. The molecular formula is C16H18N4O3. The number of rotatable bonds is 6. The van der Waals surface area contributed by atoms with Crippen molar-refractivity contribution in [1.82, 2.24) is 14.8 Å². The molecule has 0 radical (unpaired) electrons. The Bertz CT molecular complexity index is 807. The normalized spacial score (nSPS) is 14.2. The van der Waals surface area contributed by atoms with Crippen LogP contribution in [0.1, 0.15) is 12.0 Å². The first-order valence-corrected chi connectivity index (χ1v) is 7.72. The lowest BCUT2D eigenvalue weighted by molar-refractivity contribution is 0.269. The standard InChI is InChI=1S/C16H18N4O3/c21-7-6-20-10-12(9-17-20)11-22-13-2-3-14-15(8-13)23-16(18-14)19-4-1-5-19/h2-3,8-10,21H,1,4-7,11H2. The molecule has 0 aliphatic carbocycles. The molecule has 2 aromatic heterocycles. The highest BCUT2D eigenvalue weighted by Crippen LogP contribution is 2.28. The maximum absolute atomic E-state index is 8.89. The van der Waals surface area contributed by atoms with Crippen molar-refractivity contribution in [3.63, 3.8) is 0 Å². The number of oxazole rings is 1. The van der Waals surface area contributed by atoms with Crippen LogP contribution in [0.3, 0.4) is 0 Å². The van der Waals surface area contributed by atoms with Crippen LogP contribution in [0.4, 0.5) is 6.01 Å². The zero-order valence-corrected chi connectivity index (χ0v) is 12.7. The number of aliphatic hydroxyl groups is 1.